The second-order valence-electron chi connectivity index (χ2n) is 7.38. The second kappa shape index (κ2) is 10.8. The van der Waals surface area contributed by atoms with Crippen LogP contribution in [0.4, 0.5) is 5.13 Å². The summed E-state index contributed by atoms with van der Waals surface area (Å²) in [5.74, 6) is 2.35. The van der Waals surface area contributed by atoms with E-state index in [4.69, 9.17) is 14.5 Å². The lowest BCUT2D eigenvalue weighted by Crippen LogP contribution is -2.36. The normalized spacial score (nSPS) is 11.2. The van der Waals surface area contributed by atoms with Gasteiger partial charge in [-0.1, -0.05) is 17.4 Å². The molecule has 1 heterocycles. The summed E-state index contributed by atoms with van der Waals surface area (Å²) in [6.45, 7) is 3.42. The molecule has 0 atom stereocenters. The lowest BCUT2D eigenvalue weighted by Gasteiger charge is -2.22. The molecule has 0 aliphatic carbocycles. The third kappa shape index (κ3) is 5.90. The SMILES string of the molecule is COc1ccc(SCCC(=O)N(CCN(C)C)c2nc3c(OC)ccc(C)c3s2)cc1. The molecule has 0 saturated carbocycles. The number of fused-ring (bicyclic) bond motifs is 1. The maximum atomic E-state index is 13.2. The van der Waals surface area contributed by atoms with Crippen molar-refractivity contribution >= 4 is 44.4 Å². The van der Waals surface area contributed by atoms with Crippen molar-refractivity contribution in [1.82, 2.24) is 9.88 Å². The van der Waals surface area contributed by atoms with E-state index in [0.29, 0.717) is 18.7 Å². The van der Waals surface area contributed by atoms with E-state index in [1.54, 1.807) is 37.3 Å². The Labute approximate surface area is 192 Å². The summed E-state index contributed by atoms with van der Waals surface area (Å²) in [5.41, 5.74) is 1.95. The van der Waals surface area contributed by atoms with Crippen LogP contribution in [0.15, 0.2) is 41.3 Å². The topological polar surface area (TPSA) is 54.9 Å². The molecule has 0 fully saturated rings. The number of hydrogen-bond acceptors (Lipinski definition) is 7. The number of thioether (sulfide) groups is 1. The van der Waals surface area contributed by atoms with Gasteiger partial charge in [0.05, 0.1) is 18.9 Å². The number of nitrogens with zero attached hydrogens (tertiary/aromatic N) is 3. The van der Waals surface area contributed by atoms with Crippen LogP contribution in [0, 0.1) is 6.92 Å². The highest BCUT2D eigenvalue weighted by Crippen LogP contribution is 2.36. The predicted molar refractivity (Wildman–Crippen MR) is 130 cm³/mol. The van der Waals surface area contributed by atoms with E-state index >= 15 is 0 Å². The summed E-state index contributed by atoms with van der Waals surface area (Å²) in [7, 11) is 7.32. The molecule has 0 N–H and O–H groups in total. The van der Waals surface area contributed by atoms with Gasteiger partial charge in [0, 0.05) is 30.2 Å². The molecule has 3 aromatic rings. The largest absolute Gasteiger partial charge is 0.497 e. The highest BCUT2D eigenvalue weighted by atomic mass is 32.2. The second-order valence-corrected chi connectivity index (χ2v) is 9.53. The zero-order chi connectivity index (χ0) is 22.4. The van der Waals surface area contributed by atoms with Crippen LogP contribution >= 0.6 is 23.1 Å². The Kier molecular flexibility index (Phi) is 8.17. The van der Waals surface area contributed by atoms with Crippen LogP contribution in [0.5, 0.6) is 11.5 Å². The molecule has 31 heavy (non-hydrogen) atoms. The first-order chi connectivity index (χ1) is 14.9. The molecule has 8 heteroatoms. The van der Waals surface area contributed by atoms with Crippen LogP contribution in [0.25, 0.3) is 10.2 Å². The molecule has 0 aliphatic rings. The van der Waals surface area contributed by atoms with Crippen molar-refractivity contribution in [3.8, 4) is 11.5 Å². The van der Waals surface area contributed by atoms with Crippen molar-refractivity contribution in [2.24, 2.45) is 0 Å². The Bertz CT molecular complexity index is 1020. The fourth-order valence-electron chi connectivity index (χ4n) is 3.07. The molecule has 0 aliphatic heterocycles. The van der Waals surface area contributed by atoms with Crippen LogP contribution in [-0.4, -0.2) is 62.9 Å². The number of carbonyl (C=O) groups excluding carboxylic acids is 1. The Hall–Kier alpha value is -2.29. The Morgan fingerprint density at radius 1 is 1.06 bits per heavy atom. The molecule has 1 amide bonds. The number of aromatic nitrogens is 1. The average Bonchev–Trinajstić information content (AvgIpc) is 3.20. The average molecular weight is 460 g/mol. The van der Waals surface area contributed by atoms with Crippen LogP contribution in [-0.2, 0) is 4.79 Å². The quantitative estimate of drug-likeness (QED) is 0.410. The van der Waals surface area contributed by atoms with Gasteiger partial charge in [-0.05, 0) is 56.9 Å². The van der Waals surface area contributed by atoms with E-state index in [-0.39, 0.29) is 5.91 Å². The van der Waals surface area contributed by atoms with Crippen LogP contribution < -0.4 is 14.4 Å². The van der Waals surface area contributed by atoms with Gasteiger partial charge in [0.1, 0.15) is 17.0 Å². The first-order valence-corrected chi connectivity index (χ1v) is 11.9. The number of methoxy groups -OCH3 is 2. The first-order valence-electron chi connectivity index (χ1n) is 10.1. The lowest BCUT2D eigenvalue weighted by atomic mass is 10.2. The summed E-state index contributed by atoms with van der Waals surface area (Å²) < 4.78 is 11.7. The minimum Gasteiger partial charge on any atom is -0.497 e. The van der Waals surface area contributed by atoms with E-state index in [1.165, 1.54) is 0 Å². The number of benzene rings is 2. The van der Waals surface area contributed by atoms with Gasteiger partial charge in [0.25, 0.3) is 0 Å². The molecule has 2 aromatic carbocycles. The van der Waals surface area contributed by atoms with Crippen LogP contribution in [0.1, 0.15) is 12.0 Å². The molecule has 0 bridgehead atoms. The minimum absolute atomic E-state index is 0.0820. The maximum Gasteiger partial charge on any atom is 0.229 e. The molecule has 1 aromatic heterocycles. The lowest BCUT2D eigenvalue weighted by molar-refractivity contribution is -0.118. The monoisotopic (exact) mass is 459 g/mol. The summed E-state index contributed by atoms with van der Waals surface area (Å²) in [4.78, 5) is 23.0. The molecule has 0 saturated heterocycles. The smallest absolute Gasteiger partial charge is 0.229 e. The molecule has 6 nitrogen and oxygen atoms in total. The van der Waals surface area contributed by atoms with E-state index in [0.717, 1.165) is 43.9 Å². The highest BCUT2D eigenvalue weighted by molar-refractivity contribution is 7.99. The van der Waals surface area contributed by atoms with Gasteiger partial charge >= 0.3 is 0 Å². The van der Waals surface area contributed by atoms with Gasteiger partial charge in [-0.3, -0.25) is 9.69 Å². The van der Waals surface area contributed by atoms with Crippen molar-refractivity contribution in [1.29, 1.82) is 0 Å². The Morgan fingerprint density at radius 2 is 1.81 bits per heavy atom. The minimum atomic E-state index is 0.0820. The number of hydrogen-bond donors (Lipinski definition) is 0. The molecular formula is C23H29N3O3S2. The van der Waals surface area contributed by atoms with Gasteiger partial charge in [0.2, 0.25) is 5.91 Å². The number of aryl methyl sites for hydroxylation is 1. The van der Waals surface area contributed by atoms with Crippen molar-refractivity contribution in [2.75, 3.05) is 52.1 Å². The molecule has 0 unspecified atom stereocenters. The van der Waals surface area contributed by atoms with Gasteiger partial charge in [-0.25, -0.2) is 4.98 Å². The standard InChI is InChI=1S/C23H29N3O3S2/c1-16-6-11-19(29-5)21-22(16)31-23(24-21)26(14-13-25(2)3)20(27)12-15-30-18-9-7-17(28-4)8-10-18/h6-11H,12-15H2,1-5H3. The van der Waals surface area contributed by atoms with Gasteiger partial charge < -0.3 is 14.4 Å². The first kappa shape index (κ1) is 23.4. The molecular weight excluding hydrogens is 430 g/mol. The van der Waals surface area contributed by atoms with E-state index in [2.05, 4.69) is 11.8 Å². The van der Waals surface area contributed by atoms with Crippen molar-refractivity contribution < 1.29 is 14.3 Å². The number of carbonyl (C=O) groups is 1. The highest BCUT2D eigenvalue weighted by Gasteiger charge is 2.21. The van der Waals surface area contributed by atoms with Crippen LogP contribution in [0.2, 0.25) is 0 Å². The maximum absolute atomic E-state index is 13.2. The van der Waals surface area contributed by atoms with Crippen LogP contribution in [0.3, 0.4) is 0 Å². The number of amides is 1. The molecule has 3 rings (SSSR count). The molecule has 0 radical (unpaired) electrons. The zero-order valence-corrected chi connectivity index (χ0v) is 20.3. The number of rotatable bonds is 10. The fourth-order valence-corrected chi connectivity index (χ4v) is 5.00. The van der Waals surface area contributed by atoms with Gasteiger partial charge in [0.15, 0.2) is 5.13 Å². The Balaban J connectivity index is 1.75. The van der Waals surface area contributed by atoms with Gasteiger partial charge in [-0.2, -0.15) is 0 Å². The van der Waals surface area contributed by atoms with Crippen molar-refractivity contribution in [3.05, 3.63) is 42.0 Å². The zero-order valence-electron chi connectivity index (χ0n) is 18.7. The summed E-state index contributed by atoms with van der Waals surface area (Å²) in [5, 5.41) is 0.726. The third-order valence-electron chi connectivity index (χ3n) is 4.86. The van der Waals surface area contributed by atoms with E-state index in [1.807, 2.05) is 55.4 Å². The summed E-state index contributed by atoms with van der Waals surface area (Å²) >= 11 is 3.22. The van der Waals surface area contributed by atoms with Gasteiger partial charge in [-0.15, -0.1) is 11.8 Å². The summed E-state index contributed by atoms with van der Waals surface area (Å²) in [6, 6.07) is 11.9. The van der Waals surface area contributed by atoms with Crippen molar-refractivity contribution in [3.63, 3.8) is 0 Å². The third-order valence-corrected chi connectivity index (χ3v) is 7.09. The Morgan fingerprint density at radius 3 is 2.45 bits per heavy atom. The van der Waals surface area contributed by atoms with E-state index < -0.39 is 0 Å². The van der Waals surface area contributed by atoms with E-state index in [9.17, 15) is 4.79 Å². The fraction of sp³-hybridized carbons (Fsp3) is 0.391. The number of likely N-dealkylation sites (N-methyl/N-ethyl adjacent to an activating group) is 1. The summed E-state index contributed by atoms with van der Waals surface area (Å²) in [6.07, 6.45) is 0.441. The van der Waals surface area contributed by atoms with Crippen molar-refractivity contribution in [2.45, 2.75) is 18.2 Å². The number of thiazole rings is 1. The predicted octanol–water partition coefficient (Wildman–Crippen LogP) is 4.70. The number of anilines is 1. The molecule has 166 valence electrons. The molecule has 0 spiro atoms. The number of ether oxygens (including phenoxy) is 2.